The molecular formula is C16H19ClN2O. The smallest absolute Gasteiger partial charge is 0.120 e. The van der Waals surface area contributed by atoms with Gasteiger partial charge in [0.15, 0.2) is 0 Å². The summed E-state index contributed by atoms with van der Waals surface area (Å²) in [5.41, 5.74) is 1.25. The lowest BCUT2D eigenvalue weighted by atomic mass is 10.1. The van der Waals surface area contributed by atoms with Crippen molar-refractivity contribution in [2.45, 2.75) is 19.4 Å². The Kier molecular flexibility index (Phi) is 5.84. The van der Waals surface area contributed by atoms with Crippen molar-refractivity contribution < 1.29 is 4.74 Å². The van der Waals surface area contributed by atoms with E-state index < -0.39 is 0 Å². The first kappa shape index (κ1) is 14.8. The van der Waals surface area contributed by atoms with Crippen LogP contribution in [0, 0.1) is 0 Å². The number of hydrogen-bond acceptors (Lipinski definition) is 3. The molecule has 0 radical (unpaired) electrons. The zero-order valence-electron chi connectivity index (χ0n) is 11.6. The van der Waals surface area contributed by atoms with Gasteiger partial charge in [0.1, 0.15) is 12.4 Å². The molecule has 0 aliphatic rings. The van der Waals surface area contributed by atoms with Gasteiger partial charge >= 0.3 is 0 Å². The van der Waals surface area contributed by atoms with Crippen LogP contribution in [0.1, 0.15) is 12.5 Å². The predicted octanol–water partition coefficient (Wildman–Crippen LogP) is 3.33. The minimum atomic E-state index is 0.265. The molecule has 1 atom stereocenters. The van der Waals surface area contributed by atoms with E-state index in [4.69, 9.17) is 16.3 Å². The molecule has 0 fully saturated rings. The van der Waals surface area contributed by atoms with Crippen LogP contribution in [0.2, 0.25) is 5.02 Å². The Bertz CT molecular complexity index is 519. The number of nitrogens with one attached hydrogen (secondary N) is 1. The lowest BCUT2D eigenvalue weighted by Gasteiger charge is -2.18. The van der Waals surface area contributed by atoms with Crippen LogP contribution < -0.4 is 10.1 Å². The van der Waals surface area contributed by atoms with Gasteiger partial charge in [-0.2, -0.15) is 0 Å². The van der Waals surface area contributed by atoms with E-state index in [0.29, 0.717) is 11.6 Å². The van der Waals surface area contributed by atoms with E-state index in [0.717, 1.165) is 18.7 Å². The van der Waals surface area contributed by atoms with Gasteiger partial charge in [0, 0.05) is 23.5 Å². The third-order valence-electron chi connectivity index (χ3n) is 2.97. The van der Waals surface area contributed by atoms with Crippen molar-refractivity contribution in [1.29, 1.82) is 0 Å². The largest absolute Gasteiger partial charge is 0.492 e. The second-order valence-electron chi connectivity index (χ2n) is 4.58. The van der Waals surface area contributed by atoms with Crippen LogP contribution >= 0.6 is 11.6 Å². The van der Waals surface area contributed by atoms with E-state index in [1.807, 2.05) is 48.8 Å². The Morgan fingerprint density at radius 2 is 2.05 bits per heavy atom. The number of aromatic nitrogens is 1. The molecule has 1 aromatic carbocycles. The van der Waals surface area contributed by atoms with Crippen molar-refractivity contribution in [3.63, 3.8) is 0 Å². The number of likely N-dealkylation sites (N-methyl/N-ethyl adjacent to an activating group) is 1. The van der Waals surface area contributed by atoms with E-state index in [1.165, 1.54) is 5.56 Å². The van der Waals surface area contributed by atoms with Gasteiger partial charge in [-0.05, 0) is 48.9 Å². The molecule has 1 aromatic heterocycles. The van der Waals surface area contributed by atoms with Crippen molar-refractivity contribution in [2.24, 2.45) is 0 Å². The molecule has 0 spiro atoms. The zero-order valence-corrected chi connectivity index (χ0v) is 12.3. The standard InChI is InChI=1S/C16H19ClN2O/c1-2-19-15(10-13-6-8-18-9-7-13)12-20-16-5-3-4-14(17)11-16/h3-9,11,15,19H,2,10,12H2,1H3. The maximum atomic E-state index is 5.95. The first-order valence-electron chi connectivity index (χ1n) is 6.78. The average Bonchev–Trinajstić information content (AvgIpc) is 2.46. The summed E-state index contributed by atoms with van der Waals surface area (Å²) in [6.45, 7) is 3.62. The number of benzene rings is 1. The number of halogens is 1. The molecule has 106 valence electrons. The highest BCUT2D eigenvalue weighted by molar-refractivity contribution is 6.30. The van der Waals surface area contributed by atoms with Gasteiger partial charge in [0.25, 0.3) is 0 Å². The van der Waals surface area contributed by atoms with Crippen LogP contribution in [-0.2, 0) is 6.42 Å². The van der Waals surface area contributed by atoms with E-state index in [9.17, 15) is 0 Å². The number of nitrogens with zero attached hydrogens (tertiary/aromatic N) is 1. The number of pyridine rings is 1. The van der Waals surface area contributed by atoms with Gasteiger partial charge in [0.05, 0.1) is 0 Å². The van der Waals surface area contributed by atoms with Crippen LogP contribution in [0.25, 0.3) is 0 Å². The molecule has 0 aliphatic carbocycles. The zero-order chi connectivity index (χ0) is 14.2. The molecule has 3 nitrogen and oxygen atoms in total. The highest BCUT2D eigenvalue weighted by Crippen LogP contribution is 2.17. The Morgan fingerprint density at radius 3 is 2.75 bits per heavy atom. The molecule has 4 heteroatoms. The van der Waals surface area contributed by atoms with Gasteiger partial charge in [-0.15, -0.1) is 0 Å². The molecule has 20 heavy (non-hydrogen) atoms. The second kappa shape index (κ2) is 7.88. The fourth-order valence-electron chi connectivity index (χ4n) is 2.04. The van der Waals surface area contributed by atoms with Crippen molar-refractivity contribution in [3.05, 3.63) is 59.4 Å². The fraction of sp³-hybridized carbons (Fsp3) is 0.312. The molecule has 0 saturated heterocycles. The topological polar surface area (TPSA) is 34.1 Å². The van der Waals surface area contributed by atoms with Gasteiger partial charge in [-0.1, -0.05) is 24.6 Å². The molecule has 1 N–H and O–H groups in total. The lowest BCUT2D eigenvalue weighted by Crippen LogP contribution is -2.36. The summed E-state index contributed by atoms with van der Waals surface area (Å²) >= 11 is 5.95. The van der Waals surface area contributed by atoms with Crippen LogP contribution in [0.3, 0.4) is 0 Å². The van der Waals surface area contributed by atoms with E-state index in [-0.39, 0.29) is 6.04 Å². The third-order valence-corrected chi connectivity index (χ3v) is 3.21. The summed E-state index contributed by atoms with van der Waals surface area (Å²) in [5.74, 6) is 0.801. The third kappa shape index (κ3) is 4.83. The Hall–Kier alpha value is -1.58. The lowest BCUT2D eigenvalue weighted by molar-refractivity contribution is 0.265. The highest BCUT2D eigenvalue weighted by atomic mass is 35.5. The summed E-state index contributed by atoms with van der Waals surface area (Å²) in [5, 5.41) is 4.13. The van der Waals surface area contributed by atoms with Crippen molar-refractivity contribution in [1.82, 2.24) is 10.3 Å². The maximum Gasteiger partial charge on any atom is 0.120 e. The minimum absolute atomic E-state index is 0.265. The molecular weight excluding hydrogens is 272 g/mol. The quantitative estimate of drug-likeness (QED) is 0.849. The normalized spacial score (nSPS) is 12.1. The first-order valence-corrected chi connectivity index (χ1v) is 7.16. The predicted molar refractivity (Wildman–Crippen MR) is 82.4 cm³/mol. The van der Waals surface area contributed by atoms with Crippen LogP contribution in [0.4, 0.5) is 0 Å². The Morgan fingerprint density at radius 1 is 1.25 bits per heavy atom. The van der Waals surface area contributed by atoms with Crippen molar-refractivity contribution in [2.75, 3.05) is 13.2 Å². The monoisotopic (exact) mass is 290 g/mol. The first-order chi connectivity index (χ1) is 9.78. The van der Waals surface area contributed by atoms with Gasteiger partial charge in [-0.3, -0.25) is 4.98 Å². The van der Waals surface area contributed by atoms with E-state index >= 15 is 0 Å². The van der Waals surface area contributed by atoms with Crippen LogP contribution in [-0.4, -0.2) is 24.2 Å². The van der Waals surface area contributed by atoms with E-state index in [1.54, 1.807) is 0 Å². The molecule has 1 unspecified atom stereocenters. The SMILES string of the molecule is CCNC(COc1cccc(Cl)c1)Cc1ccncc1. The highest BCUT2D eigenvalue weighted by Gasteiger charge is 2.09. The number of hydrogen-bond donors (Lipinski definition) is 1. The number of rotatable bonds is 7. The molecule has 1 heterocycles. The summed E-state index contributed by atoms with van der Waals surface area (Å²) in [7, 11) is 0. The fourth-order valence-corrected chi connectivity index (χ4v) is 2.22. The van der Waals surface area contributed by atoms with Crippen molar-refractivity contribution in [3.8, 4) is 5.75 Å². The molecule has 0 aliphatic heterocycles. The maximum absolute atomic E-state index is 5.95. The molecule has 2 rings (SSSR count). The van der Waals surface area contributed by atoms with Crippen molar-refractivity contribution >= 4 is 11.6 Å². The average molecular weight is 291 g/mol. The van der Waals surface area contributed by atoms with Crippen LogP contribution in [0.15, 0.2) is 48.8 Å². The summed E-state index contributed by atoms with van der Waals surface area (Å²) in [6, 6.07) is 11.8. The summed E-state index contributed by atoms with van der Waals surface area (Å²) in [6.07, 6.45) is 4.54. The molecule has 0 saturated carbocycles. The molecule has 0 bridgehead atoms. The molecule has 2 aromatic rings. The number of ether oxygens (including phenoxy) is 1. The Labute approximate surface area is 124 Å². The van der Waals surface area contributed by atoms with E-state index in [2.05, 4.69) is 17.2 Å². The van der Waals surface area contributed by atoms with Crippen LogP contribution in [0.5, 0.6) is 5.75 Å². The summed E-state index contributed by atoms with van der Waals surface area (Å²) < 4.78 is 5.81. The van der Waals surface area contributed by atoms with Gasteiger partial charge in [-0.25, -0.2) is 0 Å². The minimum Gasteiger partial charge on any atom is -0.492 e. The van der Waals surface area contributed by atoms with Gasteiger partial charge in [0.2, 0.25) is 0 Å². The van der Waals surface area contributed by atoms with Gasteiger partial charge < -0.3 is 10.1 Å². The Balaban J connectivity index is 1.92. The molecule has 0 amide bonds. The summed E-state index contributed by atoms with van der Waals surface area (Å²) in [4.78, 5) is 4.04. The second-order valence-corrected chi connectivity index (χ2v) is 5.02.